The van der Waals surface area contributed by atoms with E-state index < -0.39 is 6.10 Å². The Labute approximate surface area is 139 Å². The third-order valence-electron chi connectivity index (χ3n) is 3.79. The number of hydrogen-bond donors (Lipinski definition) is 2. The van der Waals surface area contributed by atoms with E-state index in [2.05, 4.69) is 17.4 Å². The molecule has 0 heterocycles. The Balaban J connectivity index is 1.78. The van der Waals surface area contributed by atoms with Crippen LogP contribution >= 0.6 is 0 Å². The summed E-state index contributed by atoms with van der Waals surface area (Å²) in [6.07, 6.45) is 0.634. The average Bonchev–Trinajstić information content (AvgIpc) is 2.56. The molecule has 0 spiro atoms. The van der Waals surface area contributed by atoms with Crippen molar-refractivity contribution in [3.05, 3.63) is 65.7 Å². The number of hydrogen-bond acceptors (Lipinski definition) is 3. The van der Waals surface area contributed by atoms with Crippen LogP contribution in [-0.4, -0.2) is 23.8 Å². The van der Waals surface area contributed by atoms with Crippen LogP contribution < -0.4 is 10.1 Å². The number of aliphatic hydroxyl groups excluding tert-OH is 1. The van der Waals surface area contributed by atoms with Gasteiger partial charge in [-0.3, -0.25) is 0 Å². The number of nitrogens with one attached hydrogen (secondary N) is 1. The van der Waals surface area contributed by atoms with Gasteiger partial charge in [0.15, 0.2) is 0 Å². The van der Waals surface area contributed by atoms with Crippen molar-refractivity contribution in [1.29, 1.82) is 0 Å². The van der Waals surface area contributed by atoms with E-state index >= 15 is 0 Å². The molecule has 23 heavy (non-hydrogen) atoms. The molecule has 124 valence electrons. The van der Waals surface area contributed by atoms with Crippen molar-refractivity contribution in [2.24, 2.45) is 0 Å². The van der Waals surface area contributed by atoms with Gasteiger partial charge in [0.2, 0.25) is 0 Å². The first kappa shape index (κ1) is 17.5. The molecule has 2 atom stereocenters. The summed E-state index contributed by atoms with van der Waals surface area (Å²) in [7, 11) is 0. The second kappa shape index (κ2) is 8.70. The molecule has 0 amide bonds. The first-order valence-electron chi connectivity index (χ1n) is 8.28. The van der Waals surface area contributed by atoms with Crippen LogP contribution in [0.1, 0.15) is 38.0 Å². The molecule has 2 aromatic carbocycles. The molecular weight excluding hydrogens is 286 g/mol. The van der Waals surface area contributed by atoms with E-state index in [0.29, 0.717) is 0 Å². The fraction of sp³-hybridized carbons (Fsp3) is 0.400. The standard InChI is InChI=1S/C20H27NO2/c1-15(2)23-19-11-9-17(10-12-19)13-14-21-16(3)20(22)18-7-5-4-6-8-18/h4-12,15-16,20-22H,13-14H2,1-3H3/t16-,20-/m0/s1. The molecule has 0 saturated heterocycles. The normalized spacial score (nSPS) is 13.8. The molecule has 0 aliphatic carbocycles. The van der Waals surface area contributed by atoms with Gasteiger partial charge in [0.05, 0.1) is 12.2 Å². The van der Waals surface area contributed by atoms with Crippen LogP contribution in [0.4, 0.5) is 0 Å². The molecule has 3 nitrogen and oxygen atoms in total. The van der Waals surface area contributed by atoms with Gasteiger partial charge in [0, 0.05) is 6.04 Å². The summed E-state index contributed by atoms with van der Waals surface area (Å²) >= 11 is 0. The minimum atomic E-state index is -0.488. The van der Waals surface area contributed by atoms with Crippen LogP contribution in [0.25, 0.3) is 0 Å². The van der Waals surface area contributed by atoms with Crippen molar-refractivity contribution >= 4 is 0 Å². The molecule has 0 aliphatic rings. The van der Waals surface area contributed by atoms with E-state index in [1.165, 1.54) is 5.56 Å². The van der Waals surface area contributed by atoms with Crippen LogP contribution in [0.2, 0.25) is 0 Å². The lowest BCUT2D eigenvalue weighted by Crippen LogP contribution is -2.33. The van der Waals surface area contributed by atoms with Gasteiger partial charge in [0.25, 0.3) is 0 Å². The Morgan fingerprint density at radius 1 is 0.957 bits per heavy atom. The van der Waals surface area contributed by atoms with Gasteiger partial charge in [-0.15, -0.1) is 0 Å². The lowest BCUT2D eigenvalue weighted by atomic mass is 10.0. The highest BCUT2D eigenvalue weighted by Crippen LogP contribution is 2.17. The van der Waals surface area contributed by atoms with Crippen LogP contribution in [0.5, 0.6) is 5.75 Å². The minimum absolute atomic E-state index is 0.0148. The fourth-order valence-corrected chi connectivity index (χ4v) is 2.50. The van der Waals surface area contributed by atoms with Gasteiger partial charge in [-0.2, -0.15) is 0 Å². The largest absolute Gasteiger partial charge is 0.491 e. The predicted molar refractivity (Wildman–Crippen MR) is 94.8 cm³/mol. The highest BCUT2D eigenvalue weighted by molar-refractivity contribution is 5.27. The van der Waals surface area contributed by atoms with Crippen LogP contribution in [0, 0.1) is 0 Å². The number of aliphatic hydroxyl groups is 1. The molecule has 0 radical (unpaired) electrons. The van der Waals surface area contributed by atoms with E-state index in [1.54, 1.807) is 0 Å². The second-order valence-corrected chi connectivity index (χ2v) is 6.16. The molecule has 0 fully saturated rings. The van der Waals surface area contributed by atoms with Crippen molar-refractivity contribution in [2.75, 3.05) is 6.54 Å². The summed E-state index contributed by atoms with van der Waals surface area (Å²) in [5.41, 5.74) is 2.21. The van der Waals surface area contributed by atoms with Gasteiger partial charge in [-0.05, 0) is 57.0 Å². The Bertz CT molecular complexity index is 566. The molecule has 2 aromatic rings. The number of ether oxygens (including phenoxy) is 1. The molecule has 2 N–H and O–H groups in total. The van der Waals surface area contributed by atoms with Crippen molar-refractivity contribution < 1.29 is 9.84 Å². The lowest BCUT2D eigenvalue weighted by molar-refractivity contribution is 0.136. The highest BCUT2D eigenvalue weighted by Gasteiger charge is 2.14. The van der Waals surface area contributed by atoms with Crippen LogP contribution in [-0.2, 0) is 6.42 Å². The minimum Gasteiger partial charge on any atom is -0.491 e. The van der Waals surface area contributed by atoms with E-state index in [9.17, 15) is 5.11 Å². The molecule has 0 saturated carbocycles. The van der Waals surface area contributed by atoms with Crippen molar-refractivity contribution in [2.45, 2.75) is 45.4 Å². The Hall–Kier alpha value is -1.84. The maximum absolute atomic E-state index is 10.3. The zero-order valence-electron chi connectivity index (χ0n) is 14.2. The summed E-state index contributed by atoms with van der Waals surface area (Å²) in [6, 6.07) is 18.0. The highest BCUT2D eigenvalue weighted by atomic mass is 16.5. The number of benzene rings is 2. The summed E-state index contributed by atoms with van der Waals surface area (Å²) < 4.78 is 5.64. The van der Waals surface area contributed by atoms with Gasteiger partial charge in [-0.1, -0.05) is 42.5 Å². The number of rotatable bonds is 8. The molecule has 3 heteroatoms. The van der Waals surface area contributed by atoms with E-state index in [1.807, 2.05) is 63.2 Å². The molecule has 0 aromatic heterocycles. The van der Waals surface area contributed by atoms with E-state index in [4.69, 9.17) is 4.74 Å². The van der Waals surface area contributed by atoms with E-state index in [-0.39, 0.29) is 12.1 Å². The molecular formula is C20H27NO2. The first-order valence-corrected chi connectivity index (χ1v) is 8.28. The molecule has 0 unspecified atom stereocenters. The SMILES string of the molecule is CC(C)Oc1ccc(CCN[C@@H](C)[C@H](O)c2ccccc2)cc1. The molecule has 2 rings (SSSR count). The first-order chi connectivity index (χ1) is 11.1. The average molecular weight is 313 g/mol. The zero-order chi connectivity index (χ0) is 16.7. The van der Waals surface area contributed by atoms with Crippen molar-refractivity contribution in [3.63, 3.8) is 0 Å². The van der Waals surface area contributed by atoms with E-state index in [0.717, 1.165) is 24.3 Å². The zero-order valence-corrected chi connectivity index (χ0v) is 14.2. The maximum Gasteiger partial charge on any atom is 0.119 e. The summed E-state index contributed by atoms with van der Waals surface area (Å²) in [5.74, 6) is 0.907. The smallest absolute Gasteiger partial charge is 0.119 e. The Morgan fingerprint density at radius 3 is 2.22 bits per heavy atom. The van der Waals surface area contributed by atoms with Crippen LogP contribution in [0.15, 0.2) is 54.6 Å². The van der Waals surface area contributed by atoms with Crippen molar-refractivity contribution in [3.8, 4) is 5.75 Å². The van der Waals surface area contributed by atoms with Crippen LogP contribution in [0.3, 0.4) is 0 Å². The van der Waals surface area contributed by atoms with Gasteiger partial charge < -0.3 is 15.2 Å². The predicted octanol–water partition coefficient (Wildman–Crippen LogP) is 3.73. The van der Waals surface area contributed by atoms with Crippen molar-refractivity contribution in [1.82, 2.24) is 5.32 Å². The lowest BCUT2D eigenvalue weighted by Gasteiger charge is -2.20. The molecule has 0 bridgehead atoms. The summed E-state index contributed by atoms with van der Waals surface area (Å²) in [4.78, 5) is 0. The van der Waals surface area contributed by atoms with Gasteiger partial charge >= 0.3 is 0 Å². The summed E-state index contributed by atoms with van der Waals surface area (Å²) in [5, 5.41) is 13.7. The van der Waals surface area contributed by atoms with Gasteiger partial charge in [0.1, 0.15) is 5.75 Å². The Morgan fingerprint density at radius 2 is 1.61 bits per heavy atom. The quantitative estimate of drug-likeness (QED) is 0.780. The monoisotopic (exact) mass is 313 g/mol. The van der Waals surface area contributed by atoms with Gasteiger partial charge in [-0.25, -0.2) is 0 Å². The second-order valence-electron chi connectivity index (χ2n) is 6.16. The molecule has 0 aliphatic heterocycles. The topological polar surface area (TPSA) is 41.5 Å². The summed E-state index contributed by atoms with van der Waals surface area (Å²) in [6.45, 7) is 6.89. The maximum atomic E-state index is 10.3. The fourth-order valence-electron chi connectivity index (χ4n) is 2.50. The third-order valence-corrected chi connectivity index (χ3v) is 3.79. The third kappa shape index (κ3) is 5.70. The Kier molecular flexibility index (Phi) is 6.63.